The standard InChI is InChI=1S/C9H7ClN4O/c1-6-11-12-13-14(6)8-4-2-7(3-5-8)9(10)15/h2-5H,1H3. The van der Waals surface area contributed by atoms with Gasteiger partial charge in [0, 0.05) is 5.56 Å². The van der Waals surface area contributed by atoms with Gasteiger partial charge in [0.1, 0.15) is 0 Å². The molecule has 0 spiro atoms. The number of carbonyl (C=O) groups excluding carboxylic acids is 1. The number of tetrazole rings is 1. The molecule has 2 aromatic rings. The fraction of sp³-hybridized carbons (Fsp3) is 0.111. The molecular weight excluding hydrogens is 216 g/mol. The molecule has 1 aromatic heterocycles. The largest absolute Gasteiger partial charge is 0.276 e. The van der Waals surface area contributed by atoms with Crippen LogP contribution < -0.4 is 0 Å². The fourth-order valence-electron chi connectivity index (χ4n) is 1.20. The maximum Gasteiger partial charge on any atom is 0.252 e. The first-order valence-electron chi connectivity index (χ1n) is 4.24. The van der Waals surface area contributed by atoms with Gasteiger partial charge in [0.15, 0.2) is 5.82 Å². The highest BCUT2D eigenvalue weighted by molar-refractivity contribution is 6.67. The monoisotopic (exact) mass is 222 g/mol. The summed E-state index contributed by atoms with van der Waals surface area (Å²) in [7, 11) is 0. The lowest BCUT2D eigenvalue weighted by Gasteiger charge is -2.01. The summed E-state index contributed by atoms with van der Waals surface area (Å²) in [4.78, 5) is 10.8. The van der Waals surface area contributed by atoms with Crippen molar-refractivity contribution in [1.29, 1.82) is 0 Å². The third-order valence-corrected chi connectivity index (χ3v) is 2.18. The predicted octanol–water partition coefficient (Wildman–Crippen LogP) is 1.35. The highest BCUT2D eigenvalue weighted by atomic mass is 35.5. The molecule has 2 rings (SSSR count). The van der Waals surface area contributed by atoms with Crippen molar-refractivity contribution in [1.82, 2.24) is 20.2 Å². The molecule has 5 nitrogen and oxygen atoms in total. The number of aryl methyl sites for hydroxylation is 1. The Kier molecular flexibility index (Phi) is 2.47. The number of hydrogen-bond acceptors (Lipinski definition) is 4. The smallest absolute Gasteiger partial charge is 0.252 e. The van der Waals surface area contributed by atoms with Crippen molar-refractivity contribution >= 4 is 16.8 Å². The van der Waals surface area contributed by atoms with Crippen molar-refractivity contribution in [3.05, 3.63) is 35.7 Å². The summed E-state index contributed by atoms with van der Waals surface area (Å²) in [6.07, 6.45) is 0. The van der Waals surface area contributed by atoms with Crippen LogP contribution in [-0.2, 0) is 0 Å². The molecule has 15 heavy (non-hydrogen) atoms. The molecule has 1 aromatic carbocycles. The van der Waals surface area contributed by atoms with E-state index >= 15 is 0 Å². The number of aromatic nitrogens is 4. The lowest BCUT2D eigenvalue weighted by atomic mass is 10.2. The molecule has 0 saturated heterocycles. The second kappa shape index (κ2) is 3.78. The predicted molar refractivity (Wildman–Crippen MR) is 54.1 cm³/mol. The molecule has 0 bridgehead atoms. The van der Waals surface area contributed by atoms with Crippen LogP contribution >= 0.6 is 11.6 Å². The van der Waals surface area contributed by atoms with Gasteiger partial charge >= 0.3 is 0 Å². The average Bonchev–Trinajstić information content (AvgIpc) is 2.65. The molecule has 0 unspecified atom stereocenters. The summed E-state index contributed by atoms with van der Waals surface area (Å²) >= 11 is 5.33. The number of nitrogens with zero attached hydrogens (tertiary/aromatic N) is 4. The van der Waals surface area contributed by atoms with E-state index in [1.807, 2.05) is 0 Å². The van der Waals surface area contributed by atoms with Crippen molar-refractivity contribution in [3.63, 3.8) is 0 Å². The van der Waals surface area contributed by atoms with Gasteiger partial charge in [-0.15, -0.1) is 5.10 Å². The first-order chi connectivity index (χ1) is 7.18. The van der Waals surface area contributed by atoms with Crippen LogP contribution in [-0.4, -0.2) is 25.4 Å². The zero-order chi connectivity index (χ0) is 10.8. The van der Waals surface area contributed by atoms with E-state index < -0.39 is 5.24 Å². The molecule has 0 amide bonds. The summed E-state index contributed by atoms with van der Waals surface area (Å²) in [5.41, 5.74) is 1.24. The van der Waals surface area contributed by atoms with Gasteiger partial charge in [0.2, 0.25) is 0 Å². The number of carbonyl (C=O) groups is 1. The van der Waals surface area contributed by atoms with Crippen molar-refractivity contribution < 1.29 is 4.79 Å². The normalized spacial score (nSPS) is 10.3. The van der Waals surface area contributed by atoms with E-state index in [1.54, 1.807) is 35.9 Å². The Balaban J connectivity index is 2.40. The molecule has 0 saturated carbocycles. The molecule has 0 fully saturated rings. The van der Waals surface area contributed by atoms with Gasteiger partial charge in [0.05, 0.1) is 5.69 Å². The summed E-state index contributed by atoms with van der Waals surface area (Å²) in [5.74, 6) is 0.681. The first-order valence-corrected chi connectivity index (χ1v) is 4.61. The second-order valence-corrected chi connectivity index (χ2v) is 3.30. The molecule has 0 aliphatic heterocycles. The summed E-state index contributed by atoms with van der Waals surface area (Å²) in [6, 6.07) is 6.73. The third-order valence-electron chi connectivity index (χ3n) is 1.96. The Morgan fingerprint density at radius 2 is 2.00 bits per heavy atom. The molecule has 0 radical (unpaired) electrons. The number of halogens is 1. The summed E-state index contributed by atoms with van der Waals surface area (Å²) in [5, 5.41) is 10.6. The first kappa shape index (κ1) is 9.79. The van der Waals surface area contributed by atoms with Gasteiger partial charge in [0.25, 0.3) is 5.24 Å². The lowest BCUT2D eigenvalue weighted by molar-refractivity contribution is 0.108. The van der Waals surface area contributed by atoms with Crippen LogP contribution in [0.25, 0.3) is 5.69 Å². The maximum absolute atomic E-state index is 10.8. The number of hydrogen-bond donors (Lipinski definition) is 0. The van der Waals surface area contributed by atoms with E-state index in [2.05, 4.69) is 15.5 Å². The van der Waals surface area contributed by atoms with Crippen molar-refractivity contribution in [2.75, 3.05) is 0 Å². The Morgan fingerprint density at radius 1 is 1.33 bits per heavy atom. The molecule has 0 N–H and O–H groups in total. The minimum atomic E-state index is -0.477. The Morgan fingerprint density at radius 3 is 2.47 bits per heavy atom. The molecule has 0 atom stereocenters. The lowest BCUT2D eigenvalue weighted by Crippen LogP contribution is -1.99. The van der Waals surface area contributed by atoms with Gasteiger partial charge in [-0.1, -0.05) is 0 Å². The Hall–Kier alpha value is -1.75. The third kappa shape index (κ3) is 1.87. The maximum atomic E-state index is 10.8. The quantitative estimate of drug-likeness (QED) is 0.720. The zero-order valence-corrected chi connectivity index (χ0v) is 8.64. The van der Waals surface area contributed by atoms with Crippen LogP contribution in [0, 0.1) is 6.92 Å². The SMILES string of the molecule is Cc1nnnn1-c1ccc(C(=O)Cl)cc1. The summed E-state index contributed by atoms with van der Waals surface area (Å²) < 4.78 is 1.57. The van der Waals surface area contributed by atoms with Gasteiger partial charge in [-0.3, -0.25) is 4.79 Å². The van der Waals surface area contributed by atoms with Crippen LogP contribution in [0.2, 0.25) is 0 Å². The van der Waals surface area contributed by atoms with Gasteiger partial charge in [-0.05, 0) is 53.2 Å². The van der Waals surface area contributed by atoms with Crippen LogP contribution in [0.3, 0.4) is 0 Å². The highest BCUT2D eigenvalue weighted by Gasteiger charge is 2.05. The molecular formula is C9H7ClN4O. The Labute approximate surface area is 90.7 Å². The average molecular weight is 223 g/mol. The van der Waals surface area contributed by atoms with Gasteiger partial charge in [-0.25, -0.2) is 0 Å². The number of rotatable bonds is 2. The molecule has 76 valence electrons. The van der Waals surface area contributed by atoms with E-state index in [0.29, 0.717) is 11.4 Å². The minimum Gasteiger partial charge on any atom is -0.276 e. The molecule has 0 aliphatic rings. The van der Waals surface area contributed by atoms with E-state index in [0.717, 1.165) is 5.69 Å². The van der Waals surface area contributed by atoms with Crippen LogP contribution in [0.15, 0.2) is 24.3 Å². The van der Waals surface area contributed by atoms with Crippen molar-refractivity contribution in [3.8, 4) is 5.69 Å². The zero-order valence-electron chi connectivity index (χ0n) is 7.88. The van der Waals surface area contributed by atoms with Crippen LogP contribution in [0.1, 0.15) is 16.2 Å². The van der Waals surface area contributed by atoms with Crippen LogP contribution in [0.4, 0.5) is 0 Å². The van der Waals surface area contributed by atoms with E-state index in [1.165, 1.54) is 0 Å². The van der Waals surface area contributed by atoms with Crippen molar-refractivity contribution in [2.24, 2.45) is 0 Å². The van der Waals surface area contributed by atoms with E-state index in [4.69, 9.17) is 11.6 Å². The van der Waals surface area contributed by atoms with Gasteiger partial charge in [-0.2, -0.15) is 4.68 Å². The molecule has 1 heterocycles. The minimum absolute atomic E-state index is 0.450. The summed E-state index contributed by atoms with van der Waals surface area (Å²) in [6.45, 7) is 1.79. The second-order valence-electron chi connectivity index (χ2n) is 2.96. The number of benzene rings is 1. The molecule has 0 aliphatic carbocycles. The van der Waals surface area contributed by atoms with Crippen LogP contribution in [0.5, 0.6) is 0 Å². The Bertz CT molecular complexity index is 491. The highest BCUT2D eigenvalue weighted by Crippen LogP contribution is 2.10. The fourth-order valence-corrected chi connectivity index (χ4v) is 1.33. The van der Waals surface area contributed by atoms with E-state index in [-0.39, 0.29) is 0 Å². The molecule has 6 heteroatoms. The topological polar surface area (TPSA) is 60.7 Å². The van der Waals surface area contributed by atoms with Crippen molar-refractivity contribution in [2.45, 2.75) is 6.92 Å². The van der Waals surface area contributed by atoms with Gasteiger partial charge < -0.3 is 0 Å². The van der Waals surface area contributed by atoms with E-state index in [9.17, 15) is 4.79 Å².